The molecule has 3 rings (SSSR count). The first-order valence-corrected chi connectivity index (χ1v) is 8.14. The fraction of sp³-hybridized carbons (Fsp3) is 0.250. The van der Waals surface area contributed by atoms with E-state index >= 15 is 0 Å². The molecule has 0 aliphatic carbocycles. The van der Waals surface area contributed by atoms with E-state index in [1.54, 1.807) is 6.07 Å². The predicted octanol–water partition coefficient (Wildman–Crippen LogP) is 2.78. The number of morpholine rings is 1. The van der Waals surface area contributed by atoms with Crippen LogP contribution < -0.4 is 10.3 Å². The molecule has 0 bridgehead atoms. The number of hydrogen-bond donors (Lipinski definition) is 1. The second-order valence-corrected chi connectivity index (χ2v) is 5.96. The second-order valence-electron chi connectivity index (χ2n) is 5.11. The zero-order valence-corrected chi connectivity index (χ0v) is 14.3. The summed E-state index contributed by atoms with van der Waals surface area (Å²) in [7, 11) is 0. The Labute approximate surface area is 146 Å². The lowest BCUT2D eigenvalue weighted by Crippen LogP contribution is -2.36. The molecular formula is C16H15BrFN3O3. The minimum Gasteiger partial charge on any atom is -0.438 e. The summed E-state index contributed by atoms with van der Waals surface area (Å²) in [5.41, 5.74) is 2.70. The molecule has 126 valence electrons. The van der Waals surface area contributed by atoms with Gasteiger partial charge in [-0.1, -0.05) is 0 Å². The van der Waals surface area contributed by atoms with E-state index in [4.69, 9.17) is 9.15 Å². The second kappa shape index (κ2) is 7.59. The van der Waals surface area contributed by atoms with Gasteiger partial charge in [-0.2, -0.15) is 5.10 Å². The van der Waals surface area contributed by atoms with Crippen molar-refractivity contribution in [3.05, 3.63) is 51.9 Å². The molecule has 0 spiro atoms. The van der Waals surface area contributed by atoms with Crippen LogP contribution >= 0.6 is 15.9 Å². The predicted molar refractivity (Wildman–Crippen MR) is 90.9 cm³/mol. The minimum absolute atomic E-state index is 0.322. The Balaban J connectivity index is 1.62. The van der Waals surface area contributed by atoms with Gasteiger partial charge in [0.15, 0.2) is 5.76 Å². The van der Waals surface area contributed by atoms with Gasteiger partial charge in [-0.05, 0) is 40.2 Å². The maximum absolute atomic E-state index is 12.8. The fourth-order valence-corrected chi connectivity index (χ4v) is 2.80. The first-order valence-electron chi connectivity index (χ1n) is 7.34. The van der Waals surface area contributed by atoms with Crippen molar-refractivity contribution in [2.45, 2.75) is 0 Å². The van der Waals surface area contributed by atoms with E-state index in [1.807, 2.05) is 0 Å². The maximum atomic E-state index is 12.8. The number of amides is 1. The van der Waals surface area contributed by atoms with Crippen LogP contribution in [0.25, 0.3) is 0 Å². The van der Waals surface area contributed by atoms with Gasteiger partial charge in [0.2, 0.25) is 5.88 Å². The lowest BCUT2D eigenvalue weighted by atomic mass is 10.2. The number of furan rings is 1. The Morgan fingerprint density at radius 3 is 2.71 bits per heavy atom. The largest absolute Gasteiger partial charge is 0.438 e. The molecular weight excluding hydrogens is 381 g/mol. The van der Waals surface area contributed by atoms with Crippen molar-refractivity contribution >= 4 is 33.9 Å². The molecule has 0 atom stereocenters. The molecule has 0 saturated carbocycles. The number of carbonyl (C=O) groups excluding carboxylic acids is 1. The number of hydrazone groups is 1. The number of ether oxygens (including phenoxy) is 1. The van der Waals surface area contributed by atoms with Crippen molar-refractivity contribution in [3.63, 3.8) is 0 Å². The van der Waals surface area contributed by atoms with Crippen LogP contribution in [-0.4, -0.2) is 38.4 Å². The van der Waals surface area contributed by atoms with Gasteiger partial charge in [-0.3, -0.25) is 4.79 Å². The third-order valence-electron chi connectivity index (χ3n) is 3.45. The molecule has 2 aromatic rings. The maximum Gasteiger partial charge on any atom is 0.271 e. The van der Waals surface area contributed by atoms with Gasteiger partial charge >= 0.3 is 0 Å². The van der Waals surface area contributed by atoms with E-state index in [9.17, 15) is 9.18 Å². The number of halogens is 2. The zero-order chi connectivity index (χ0) is 16.9. The van der Waals surface area contributed by atoms with E-state index in [0.717, 1.165) is 17.6 Å². The fourth-order valence-electron chi connectivity index (χ4n) is 2.24. The number of anilines is 1. The summed E-state index contributed by atoms with van der Waals surface area (Å²) in [6.07, 6.45) is 1.41. The Kier molecular flexibility index (Phi) is 5.27. The summed E-state index contributed by atoms with van der Waals surface area (Å²) >= 11 is 3.46. The number of nitrogens with one attached hydrogen (secondary N) is 1. The van der Waals surface area contributed by atoms with Gasteiger partial charge in [0.05, 0.1) is 23.9 Å². The monoisotopic (exact) mass is 395 g/mol. The molecule has 1 saturated heterocycles. The Morgan fingerprint density at radius 1 is 1.29 bits per heavy atom. The van der Waals surface area contributed by atoms with Gasteiger partial charge in [0, 0.05) is 24.7 Å². The highest BCUT2D eigenvalue weighted by atomic mass is 79.9. The lowest BCUT2D eigenvalue weighted by Gasteiger charge is -2.26. The molecule has 1 fully saturated rings. The smallest absolute Gasteiger partial charge is 0.271 e. The average Bonchev–Trinajstić information content (AvgIpc) is 2.97. The summed E-state index contributed by atoms with van der Waals surface area (Å²) in [6.45, 7) is 2.82. The van der Waals surface area contributed by atoms with Crippen LogP contribution in [0.2, 0.25) is 0 Å². The molecule has 24 heavy (non-hydrogen) atoms. The molecule has 2 heterocycles. The summed E-state index contributed by atoms with van der Waals surface area (Å²) in [5, 5.41) is 3.86. The molecule has 1 aliphatic rings. The van der Waals surface area contributed by atoms with Crippen LogP contribution in [-0.2, 0) is 4.74 Å². The Morgan fingerprint density at radius 2 is 2.00 bits per heavy atom. The zero-order valence-electron chi connectivity index (χ0n) is 12.7. The van der Waals surface area contributed by atoms with Crippen molar-refractivity contribution in [1.29, 1.82) is 0 Å². The van der Waals surface area contributed by atoms with E-state index in [0.29, 0.717) is 30.4 Å². The Bertz CT molecular complexity index is 740. The first kappa shape index (κ1) is 16.7. The van der Waals surface area contributed by atoms with E-state index in [2.05, 4.69) is 31.4 Å². The van der Waals surface area contributed by atoms with E-state index < -0.39 is 11.7 Å². The molecule has 6 nitrogen and oxygen atoms in total. The topological polar surface area (TPSA) is 67.1 Å². The highest BCUT2D eigenvalue weighted by molar-refractivity contribution is 9.10. The van der Waals surface area contributed by atoms with Crippen LogP contribution in [0.4, 0.5) is 10.3 Å². The highest BCUT2D eigenvalue weighted by Crippen LogP contribution is 2.30. The number of benzene rings is 1. The number of rotatable bonds is 4. The molecule has 0 unspecified atom stereocenters. The van der Waals surface area contributed by atoms with E-state index in [1.165, 1.54) is 30.5 Å². The molecule has 1 aromatic carbocycles. The average molecular weight is 396 g/mol. The van der Waals surface area contributed by atoms with Crippen molar-refractivity contribution in [2.24, 2.45) is 5.10 Å². The molecule has 0 radical (unpaired) electrons. The van der Waals surface area contributed by atoms with Crippen molar-refractivity contribution in [3.8, 4) is 0 Å². The molecule has 1 aliphatic heterocycles. The van der Waals surface area contributed by atoms with Crippen molar-refractivity contribution in [2.75, 3.05) is 31.2 Å². The molecule has 1 amide bonds. The van der Waals surface area contributed by atoms with Gasteiger partial charge in [0.1, 0.15) is 5.82 Å². The van der Waals surface area contributed by atoms with Crippen LogP contribution in [0.15, 0.2) is 44.3 Å². The van der Waals surface area contributed by atoms with Crippen molar-refractivity contribution < 1.29 is 18.3 Å². The molecule has 1 aromatic heterocycles. The lowest BCUT2D eigenvalue weighted by molar-refractivity contribution is 0.0955. The number of nitrogens with zero attached hydrogens (tertiary/aromatic N) is 2. The minimum atomic E-state index is -0.426. The summed E-state index contributed by atoms with van der Waals surface area (Å²) < 4.78 is 24.7. The van der Waals surface area contributed by atoms with Crippen LogP contribution in [0, 0.1) is 5.82 Å². The van der Waals surface area contributed by atoms with Crippen LogP contribution in [0.1, 0.15) is 16.1 Å². The van der Waals surface area contributed by atoms with Gasteiger partial charge in [0.25, 0.3) is 5.91 Å². The molecule has 8 heteroatoms. The number of carbonyl (C=O) groups is 1. The first-order chi connectivity index (χ1) is 11.6. The van der Waals surface area contributed by atoms with Crippen LogP contribution in [0.3, 0.4) is 0 Å². The standard InChI is InChI=1S/C16H15BrFN3O3/c17-14-9-13(24-16(14)21-5-7-23-8-6-21)10-19-20-15(22)11-1-3-12(18)4-2-11/h1-4,9-10H,5-8H2,(H,20,22)/b19-10-. The summed E-state index contributed by atoms with van der Waals surface area (Å²) in [5.74, 6) is 0.392. The summed E-state index contributed by atoms with van der Waals surface area (Å²) in [4.78, 5) is 13.9. The third-order valence-corrected chi connectivity index (χ3v) is 4.02. The van der Waals surface area contributed by atoms with Gasteiger partial charge in [-0.25, -0.2) is 9.82 Å². The van der Waals surface area contributed by atoms with Crippen molar-refractivity contribution in [1.82, 2.24) is 5.43 Å². The SMILES string of the molecule is O=C(N/N=C\c1cc(Br)c(N2CCOCC2)o1)c1ccc(F)cc1. The highest BCUT2D eigenvalue weighted by Gasteiger charge is 2.18. The van der Waals surface area contributed by atoms with Gasteiger partial charge in [-0.15, -0.1) is 0 Å². The third kappa shape index (κ3) is 4.01. The van der Waals surface area contributed by atoms with E-state index in [-0.39, 0.29) is 0 Å². The van der Waals surface area contributed by atoms with Crippen LogP contribution in [0.5, 0.6) is 0 Å². The molecule has 1 N–H and O–H groups in total. The normalized spacial score (nSPS) is 15.0. The Hall–Kier alpha value is -2.19. The quantitative estimate of drug-likeness (QED) is 0.638. The van der Waals surface area contributed by atoms with Gasteiger partial charge < -0.3 is 14.1 Å². The summed E-state index contributed by atoms with van der Waals surface area (Å²) in [6, 6.07) is 6.99. The number of hydrogen-bond acceptors (Lipinski definition) is 5.